The molecule has 6 heteroatoms. The number of nitrogens with zero attached hydrogens (tertiary/aromatic N) is 1. The molecule has 2 atom stereocenters. The van der Waals surface area contributed by atoms with Crippen LogP contribution in [-0.2, 0) is 4.79 Å². The molecule has 1 fully saturated rings. The third-order valence-electron chi connectivity index (χ3n) is 3.97. The number of aliphatic hydroxyl groups is 1. The van der Waals surface area contributed by atoms with Gasteiger partial charge in [0.05, 0.1) is 9.21 Å². The highest BCUT2D eigenvalue weighted by Crippen LogP contribution is 2.25. The van der Waals surface area contributed by atoms with Crippen LogP contribution in [0.3, 0.4) is 0 Å². The molecule has 116 valence electrons. The average molecular weight is 330 g/mol. The van der Waals surface area contributed by atoms with E-state index in [2.05, 4.69) is 0 Å². The number of thiophene rings is 1. The summed E-state index contributed by atoms with van der Waals surface area (Å²) >= 11 is 7.05. The van der Waals surface area contributed by atoms with Crippen LogP contribution in [0.5, 0.6) is 0 Å². The van der Waals surface area contributed by atoms with Crippen LogP contribution in [0.4, 0.5) is 0 Å². The lowest BCUT2D eigenvalue weighted by Gasteiger charge is -2.37. The van der Waals surface area contributed by atoms with Crippen LogP contribution in [0, 0.1) is 5.92 Å². The van der Waals surface area contributed by atoms with Crippen LogP contribution in [0.1, 0.15) is 42.3 Å². The standard InChI is InChI=1S/C15H20ClNO3S/c1-10-2-3-11(9-18)8-17(10)15(20)7-4-12(19)13-5-6-14(16)21-13/h5-6,10-11,18H,2-4,7-9H2,1H3. The van der Waals surface area contributed by atoms with Crippen molar-refractivity contribution in [1.82, 2.24) is 4.90 Å². The van der Waals surface area contributed by atoms with Crippen molar-refractivity contribution in [1.29, 1.82) is 0 Å². The lowest BCUT2D eigenvalue weighted by Crippen LogP contribution is -2.46. The van der Waals surface area contributed by atoms with Gasteiger partial charge in [0, 0.05) is 32.0 Å². The number of halogens is 1. The maximum Gasteiger partial charge on any atom is 0.223 e. The van der Waals surface area contributed by atoms with Gasteiger partial charge >= 0.3 is 0 Å². The summed E-state index contributed by atoms with van der Waals surface area (Å²) in [6.07, 6.45) is 2.29. The fraction of sp³-hybridized carbons (Fsp3) is 0.600. The van der Waals surface area contributed by atoms with E-state index in [9.17, 15) is 14.7 Å². The van der Waals surface area contributed by atoms with Crippen LogP contribution in [0.25, 0.3) is 0 Å². The summed E-state index contributed by atoms with van der Waals surface area (Å²) in [7, 11) is 0. The van der Waals surface area contributed by atoms with Gasteiger partial charge in [0.15, 0.2) is 5.78 Å². The number of hydrogen-bond acceptors (Lipinski definition) is 4. The summed E-state index contributed by atoms with van der Waals surface area (Å²) in [4.78, 5) is 26.7. The molecule has 1 aromatic heterocycles. The van der Waals surface area contributed by atoms with E-state index in [4.69, 9.17) is 11.6 Å². The Labute approximate surface area is 133 Å². The van der Waals surface area contributed by atoms with E-state index in [1.54, 1.807) is 17.0 Å². The number of Topliss-reactive ketones (excluding diaryl/α,β-unsaturated/α-hetero) is 1. The number of ketones is 1. The van der Waals surface area contributed by atoms with Crippen molar-refractivity contribution in [3.63, 3.8) is 0 Å². The predicted molar refractivity (Wildman–Crippen MR) is 83.9 cm³/mol. The Kier molecular flexibility index (Phi) is 5.79. The van der Waals surface area contributed by atoms with E-state index in [-0.39, 0.29) is 43.1 Å². The topological polar surface area (TPSA) is 57.6 Å². The van der Waals surface area contributed by atoms with Crippen molar-refractivity contribution in [2.45, 2.75) is 38.6 Å². The number of likely N-dealkylation sites (tertiary alicyclic amines) is 1. The molecule has 0 aromatic carbocycles. The molecule has 1 amide bonds. The summed E-state index contributed by atoms with van der Waals surface area (Å²) in [5.41, 5.74) is 0. The van der Waals surface area contributed by atoms with Crippen LogP contribution in [0.15, 0.2) is 12.1 Å². The van der Waals surface area contributed by atoms with Gasteiger partial charge in [-0.3, -0.25) is 9.59 Å². The maximum atomic E-state index is 12.3. The molecule has 2 rings (SSSR count). The van der Waals surface area contributed by atoms with Crippen molar-refractivity contribution < 1.29 is 14.7 Å². The predicted octanol–water partition coefficient (Wildman–Crippen LogP) is 2.98. The van der Waals surface area contributed by atoms with Crippen LogP contribution in [0.2, 0.25) is 4.34 Å². The van der Waals surface area contributed by atoms with Crippen molar-refractivity contribution in [2.75, 3.05) is 13.2 Å². The molecule has 1 aliphatic rings. The molecule has 0 bridgehead atoms. The second-order valence-corrected chi connectivity index (χ2v) is 7.26. The molecule has 1 aromatic rings. The monoisotopic (exact) mass is 329 g/mol. The van der Waals surface area contributed by atoms with E-state index in [0.29, 0.717) is 15.8 Å². The lowest BCUT2D eigenvalue weighted by atomic mass is 9.93. The summed E-state index contributed by atoms with van der Waals surface area (Å²) in [5, 5.41) is 9.24. The Hall–Kier alpha value is -0.910. The quantitative estimate of drug-likeness (QED) is 0.845. The van der Waals surface area contributed by atoms with Crippen molar-refractivity contribution >= 4 is 34.6 Å². The molecule has 0 spiro atoms. The van der Waals surface area contributed by atoms with Crippen molar-refractivity contribution in [3.05, 3.63) is 21.3 Å². The lowest BCUT2D eigenvalue weighted by molar-refractivity contribution is -0.135. The first-order valence-electron chi connectivity index (χ1n) is 7.20. The van der Waals surface area contributed by atoms with Gasteiger partial charge in [0.2, 0.25) is 5.91 Å². The number of rotatable bonds is 5. The van der Waals surface area contributed by atoms with Gasteiger partial charge in [0.1, 0.15) is 0 Å². The third kappa shape index (κ3) is 4.28. The molecule has 0 aliphatic carbocycles. The van der Waals surface area contributed by atoms with Crippen LogP contribution < -0.4 is 0 Å². The zero-order valence-corrected chi connectivity index (χ0v) is 13.6. The maximum absolute atomic E-state index is 12.3. The second-order valence-electron chi connectivity index (χ2n) is 5.55. The van der Waals surface area contributed by atoms with E-state index >= 15 is 0 Å². The summed E-state index contributed by atoms with van der Waals surface area (Å²) in [5.74, 6) is 0.122. The van der Waals surface area contributed by atoms with E-state index in [0.717, 1.165) is 12.8 Å². The first-order valence-corrected chi connectivity index (χ1v) is 8.39. The number of hydrogen-bond donors (Lipinski definition) is 1. The Morgan fingerprint density at radius 2 is 2.14 bits per heavy atom. The van der Waals surface area contributed by atoms with Crippen LogP contribution in [-0.4, -0.2) is 40.9 Å². The number of carbonyl (C=O) groups excluding carboxylic acids is 2. The first kappa shape index (κ1) is 16.5. The van der Waals surface area contributed by atoms with Gasteiger partial charge in [-0.05, 0) is 37.8 Å². The van der Waals surface area contributed by atoms with Crippen molar-refractivity contribution in [2.24, 2.45) is 5.92 Å². The molecular weight excluding hydrogens is 310 g/mol. The largest absolute Gasteiger partial charge is 0.396 e. The number of amides is 1. The third-order valence-corrected chi connectivity index (χ3v) is 5.24. The van der Waals surface area contributed by atoms with E-state index in [1.807, 2.05) is 6.92 Å². The van der Waals surface area contributed by atoms with Gasteiger partial charge in [-0.2, -0.15) is 0 Å². The SMILES string of the molecule is CC1CCC(CO)CN1C(=O)CCC(=O)c1ccc(Cl)s1. The fourth-order valence-corrected chi connectivity index (χ4v) is 3.64. The van der Waals surface area contributed by atoms with Crippen molar-refractivity contribution in [3.8, 4) is 0 Å². The Morgan fingerprint density at radius 1 is 1.38 bits per heavy atom. The molecule has 21 heavy (non-hydrogen) atoms. The average Bonchev–Trinajstić information content (AvgIpc) is 2.91. The van der Waals surface area contributed by atoms with Gasteiger partial charge in [-0.25, -0.2) is 0 Å². The van der Waals surface area contributed by atoms with Gasteiger partial charge < -0.3 is 10.0 Å². The fourth-order valence-electron chi connectivity index (χ4n) is 2.63. The Bertz CT molecular complexity index is 517. The minimum Gasteiger partial charge on any atom is -0.396 e. The Balaban J connectivity index is 1.87. The van der Waals surface area contributed by atoms with E-state index in [1.165, 1.54) is 11.3 Å². The summed E-state index contributed by atoms with van der Waals surface area (Å²) in [6, 6.07) is 3.58. The normalized spacial score (nSPS) is 22.3. The van der Waals surface area contributed by atoms with E-state index < -0.39 is 0 Å². The van der Waals surface area contributed by atoms with Crippen LogP contribution >= 0.6 is 22.9 Å². The summed E-state index contributed by atoms with van der Waals surface area (Å²) < 4.78 is 0.583. The zero-order valence-electron chi connectivity index (χ0n) is 12.0. The molecule has 2 unspecified atom stereocenters. The molecule has 1 saturated heterocycles. The molecule has 1 aliphatic heterocycles. The molecule has 2 heterocycles. The highest BCUT2D eigenvalue weighted by molar-refractivity contribution is 7.18. The second kappa shape index (κ2) is 7.38. The molecule has 1 N–H and O–H groups in total. The first-order chi connectivity index (χ1) is 10.0. The molecule has 4 nitrogen and oxygen atoms in total. The van der Waals surface area contributed by atoms with Gasteiger partial charge in [-0.15, -0.1) is 11.3 Å². The van der Waals surface area contributed by atoms with Gasteiger partial charge in [0.25, 0.3) is 0 Å². The Morgan fingerprint density at radius 3 is 2.76 bits per heavy atom. The minimum absolute atomic E-state index is 0.00310. The number of carbonyl (C=O) groups is 2. The smallest absolute Gasteiger partial charge is 0.223 e. The zero-order chi connectivity index (χ0) is 15.4. The minimum atomic E-state index is -0.0383. The molecule has 0 saturated carbocycles. The number of aliphatic hydroxyl groups excluding tert-OH is 1. The van der Waals surface area contributed by atoms with Gasteiger partial charge in [-0.1, -0.05) is 11.6 Å². The number of piperidine rings is 1. The highest BCUT2D eigenvalue weighted by Gasteiger charge is 2.28. The molecule has 0 radical (unpaired) electrons. The summed E-state index contributed by atoms with van der Waals surface area (Å²) in [6.45, 7) is 2.73. The molecular formula is C15H20ClNO3S. The highest BCUT2D eigenvalue weighted by atomic mass is 35.5.